The zero-order chi connectivity index (χ0) is 18.8. The van der Waals surface area contributed by atoms with Gasteiger partial charge in [0, 0.05) is 5.57 Å². The molecule has 0 saturated carbocycles. The predicted molar refractivity (Wildman–Crippen MR) is 89.0 cm³/mol. The van der Waals surface area contributed by atoms with Crippen molar-refractivity contribution < 1.29 is 33.7 Å². The summed E-state index contributed by atoms with van der Waals surface area (Å²) in [5.41, 5.74) is 0.233. The number of hydrogen-bond acceptors (Lipinski definition) is 7. The van der Waals surface area contributed by atoms with E-state index in [-0.39, 0.29) is 29.9 Å². The summed E-state index contributed by atoms with van der Waals surface area (Å²) in [5, 5.41) is 9.68. The number of esters is 3. The predicted octanol–water partition coefficient (Wildman–Crippen LogP) is 1.67. The molecule has 0 fully saturated rings. The Hall–Kier alpha value is -2.93. The van der Waals surface area contributed by atoms with Crippen LogP contribution in [0.3, 0.4) is 0 Å². The molecule has 0 aliphatic rings. The first-order chi connectivity index (χ1) is 11.9. The molecule has 0 spiro atoms. The third kappa shape index (κ3) is 6.60. The number of benzene rings is 1. The first-order valence-corrected chi connectivity index (χ1v) is 7.41. The van der Waals surface area contributed by atoms with Crippen molar-refractivity contribution in [2.45, 2.75) is 13.0 Å². The highest BCUT2D eigenvalue weighted by atomic mass is 16.6. The lowest BCUT2D eigenvalue weighted by Gasteiger charge is -2.13. The summed E-state index contributed by atoms with van der Waals surface area (Å²) < 4.78 is 14.6. The van der Waals surface area contributed by atoms with Crippen LogP contribution in [0.15, 0.2) is 49.1 Å². The molecular formula is C18H20O7. The molecule has 0 aromatic heterocycles. The van der Waals surface area contributed by atoms with Gasteiger partial charge in [-0.3, -0.25) is 0 Å². The highest BCUT2D eigenvalue weighted by molar-refractivity contribution is 6.03. The fraction of sp³-hybridized carbons (Fsp3) is 0.278. The van der Waals surface area contributed by atoms with E-state index in [0.29, 0.717) is 0 Å². The van der Waals surface area contributed by atoms with Crippen LogP contribution in [0.1, 0.15) is 27.6 Å². The zero-order valence-electron chi connectivity index (χ0n) is 13.9. The SMILES string of the molecule is C=CCOC(=O)c1ccccc1C(=O)OCC(O)COC(=O)C(=C)C. The number of rotatable bonds is 9. The van der Waals surface area contributed by atoms with E-state index in [9.17, 15) is 19.5 Å². The van der Waals surface area contributed by atoms with Gasteiger partial charge in [0.1, 0.15) is 25.9 Å². The third-order valence-corrected chi connectivity index (χ3v) is 2.86. The van der Waals surface area contributed by atoms with Crippen LogP contribution >= 0.6 is 0 Å². The van der Waals surface area contributed by atoms with Crippen LogP contribution in [0, 0.1) is 0 Å². The maximum Gasteiger partial charge on any atom is 0.339 e. The van der Waals surface area contributed by atoms with Gasteiger partial charge in [-0.25, -0.2) is 14.4 Å². The molecule has 0 saturated heterocycles. The summed E-state index contributed by atoms with van der Waals surface area (Å²) in [4.78, 5) is 35.2. The first kappa shape index (κ1) is 20.1. The lowest BCUT2D eigenvalue weighted by atomic mass is 10.1. The van der Waals surface area contributed by atoms with E-state index < -0.39 is 30.6 Å². The molecule has 0 heterocycles. The van der Waals surface area contributed by atoms with Gasteiger partial charge < -0.3 is 19.3 Å². The quantitative estimate of drug-likeness (QED) is 0.314. The average molecular weight is 348 g/mol. The number of carbonyl (C=O) groups is 3. The van der Waals surface area contributed by atoms with Crippen LogP contribution < -0.4 is 0 Å². The van der Waals surface area contributed by atoms with Crippen molar-refractivity contribution in [3.05, 3.63) is 60.2 Å². The Balaban J connectivity index is 2.63. The molecule has 1 atom stereocenters. The fourth-order valence-electron chi connectivity index (χ4n) is 1.64. The molecule has 1 unspecified atom stereocenters. The summed E-state index contributed by atoms with van der Waals surface area (Å²) in [7, 11) is 0. The van der Waals surface area contributed by atoms with E-state index in [2.05, 4.69) is 13.2 Å². The molecule has 0 bridgehead atoms. The van der Waals surface area contributed by atoms with Crippen molar-refractivity contribution >= 4 is 17.9 Å². The highest BCUT2D eigenvalue weighted by Gasteiger charge is 2.20. The van der Waals surface area contributed by atoms with E-state index >= 15 is 0 Å². The molecular weight excluding hydrogens is 328 g/mol. The standard InChI is InChI=1S/C18H20O7/c1-4-9-23-17(21)14-7-5-6-8-15(14)18(22)25-11-13(19)10-24-16(20)12(2)3/h4-8,13,19H,1-2,9-11H2,3H3. The molecule has 1 rings (SSSR count). The van der Waals surface area contributed by atoms with Crippen LogP contribution in [0.2, 0.25) is 0 Å². The van der Waals surface area contributed by atoms with Gasteiger partial charge in [0.05, 0.1) is 11.1 Å². The fourth-order valence-corrected chi connectivity index (χ4v) is 1.64. The number of carbonyl (C=O) groups excluding carboxylic acids is 3. The van der Waals surface area contributed by atoms with E-state index in [1.54, 1.807) is 12.1 Å². The van der Waals surface area contributed by atoms with Gasteiger partial charge >= 0.3 is 17.9 Å². The van der Waals surface area contributed by atoms with Crippen LogP contribution in [0.5, 0.6) is 0 Å². The van der Waals surface area contributed by atoms with E-state index in [1.165, 1.54) is 25.1 Å². The van der Waals surface area contributed by atoms with Crippen LogP contribution in [-0.2, 0) is 19.0 Å². The second-order valence-electron chi connectivity index (χ2n) is 5.06. The Morgan fingerprint density at radius 1 is 1.08 bits per heavy atom. The molecule has 25 heavy (non-hydrogen) atoms. The Morgan fingerprint density at radius 2 is 1.60 bits per heavy atom. The van der Waals surface area contributed by atoms with Crippen LogP contribution in [0.4, 0.5) is 0 Å². The van der Waals surface area contributed by atoms with Gasteiger partial charge in [-0.1, -0.05) is 31.4 Å². The normalized spacial score (nSPS) is 11.1. The van der Waals surface area contributed by atoms with Crippen LogP contribution in [0.25, 0.3) is 0 Å². The second-order valence-corrected chi connectivity index (χ2v) is 5.06. The van der Waals surface area contributed by atoms with Gasteiger partial charge in [-0.05, 0) is 19.1 Å². The molecule has 134 valence electrons. The molecule has 0 radical (unpaired) electrons. The number of aliphatic hydroxyl groups is 1. The smallest absolute Gasteiger partial charge is 0.339 e. The Labute approximate surface area is 145 Å². The lowest BCUT2D eigenvalue weighted by Crippen LogP contribution is -2.26. The molecule has 0 aliphatic carbocycles. The molecule has 0 aliphatic heterocycles. The van der Waals surface area contributed by atoms with Crippen molar-refractivity contribution in [2.24, 2.45) is 0 Å². The van der Waals surface area contributed by atoms with Gasteiger partial charge in [0.15, 0.2) is 0 Å². The largest absolute Gasteiger partial charge is 0.459 e. The monoisotopic (exact) mass is 348 g/mol. The van der Waals surface area contributed by atoms with Gasteiger partial charge in [0.25, 0.3) is 0 Å². The summed E-state index contributed by atoms with van der Waals surface area (Å²) in [6, 6.07) is 5.96. The molecule has 7 nitrogen and oxygen atoms in total. The third-order valence-electron chi connectivity index (χ3n) is 2.86. The summed E-state index contributed by atoms with van der Waals surface area (Å²) in [6.45, 7) is 7.57. The molecule has 0 amide bonds. The topological polar surface area (TPSA) is 99.1 Å². The number of aliphatic hydroxyl groups excluding tert-OH is 1. The zero-order valence-corrected chi connectivity index (χ0v) is 13.9. The Bertz CT molecular complexity index is 663. The molecule has 1 N–H and O–H groups in total. The summed E-state index contributed by atoms with van der Waals surface area (Å²) in [5.74, 6) is -2.15. The van der Waals surface area contributed by atoms with Crippen molar-refractivity contribution in [3.63, 3.8) is 0 Å². The van der Waals surface area contributed by atoms with E-state index in [4.69, 9.17) is 14.2 Å². The maximum absolute atomic E-state index is 12.1. The van der Waals surface area contributed by atoms with Gasteiger partial charge in [0.2, 0.25) is 0 Å². The minimum Gasteiger partial charge on any atom is -0.459 e. The van der Waals surface area contributed by atoms with Crippen molar-refractivity contribution in [1.82, 2.24) is 0 Å². The van der Waals surface area contributed by atoms with Gasteiger partial charge in [-0.2, -0.15) is 0 Å². The van der Waals surface area contributed by atoms with Crippen molar-refractivity contribution in [3.8, 4) is 0 Å². The summed E-state index contributed by atoms with van der Waals surface area (Å²) in [6.07, 6.45) is 0.202. The highest BCUT2D eigenvalue weighted by Crippen LogP contribution is 2.12. The maximum atomic E-state index is 12.1. The van der Waals surface area contributed by atoms with Crippen molar-refractivity contribution in [2.75, 3.05) is 19.8 Å². The van der Waals surface area contributed by atoms with E-state index in [1.807, 2.05) is 0 Å². The minimum absolute atomic E-state index is 0.00249. The van der Waals surface area contributed by atoms with Crippen LogP contribution in [-0.4, -0.2) is 48.9 Å². The van der Waals surface area contributed by atoms with E-state index in [0.717, 1.165) is 0 Å². The second kappa shape index (κ2) is 10.0. The first-order valence-electron chi connectivity index (χ1n) is 7.41. The number of ether oxygens (including phenoxy) is 3. The number of hydrogen-bond donors (Lipinski definition) is 1. The lowest BCUT2D eigenvalue weighted by molar-refractivity contribution is -0.142. The average Bonchev–Trinajstić information content (AvgIpc) is 2.61. The van der Waals surface area contributed by atoms with Gasteiger partial charge in [-0.15, -0.1) is 0 Å². The molecule has 1 aromatic rings. The Morgan fingerprint density at radius 3 is 2.12 bits per heavy atom. The Kier molecular flexibility index (Phi) is 8.08. The van der Waals surface area contributed by atoms with Crippen molar-refractivity contribution in [1.29, 1.82) is 0 Å². The molecule has 7 heteroatoms. The minimum atomic E-state index is -1.20. The summed E-state index contributed by atoms with van der Waals surface area (Å²) >= 11 is 0. The molecule has 1 aromatic carbocycles.